The number of nitrogens with zero attached hydrogens (tertiary/aromatic N) is 1. The van der Waals surface area contributed by atoms with Crippen LogP contribution >= 0.6 is 0 Å². The molecule has 0 saturated carbocycles. The summed E-state index contributed by atoms with van der Waals surface area (Å²) in [5.41, 5.74) is 2.03. The normalized spacial score (nSPS) is 17.4. The van der Waals surface area contributed by atoms with Gasteiger partial charge in [0.15, 0.2) is 0 Å². The number of carbonyl (C=O) groups is 2. The first-order valence-corrected chi connectivity index (χ1v) is 10.1. The van der Waals surface area contributed by atoms with Crippen molar-refractivity contribution in [1.29, 1.82) is 0 Å². The fraction of sp³-hybridized carbons (Fsp3) is 0.154. The van der Waals surface area contributed by atoms with Gasteiger partial charge in [-0.1, -0.05) is 42.5 Å². The van der Waals surface area contributed by atoms with Crippen LogP contribution in [0.15, 0.2) is 84.4 Å². The zero-order chi connectivity index (χ0) is 22.7. The van der Waals surface area contributed by atoms with Gasteiger partial charge in [-0.05, 0) is 47.5 Å². The third-order valence-electron chi connectivity index (χ3n) is 5.51. The Kier molecular flexibility index (Phi) is 5.94. The van der Waals surface area contributed by atoms with Crippen LogP contribution in [0.25, 0.3) is 5.76 Å². The molecule has 162 valence electrons. The molecule has 1 atom stereocenters. The van der Waals surface area contributed by atoms with Crippen molar-refractivity contribution in [2.75, 3.05) is 14.2 Å². The highest BCUT2D eigenvalue weighted by Crippen LogP contribution is 2.41. The first kappa shape index (κ1) is 21.2. The molecule has 0 aromatic heterocycles. The van der Waals surface area contributed by atoms with Crippen LogP contribution in [0.4, 0.5) is 0 Å². The highest BCUT2D eigenvalue weighted by atomic mass is 16.5. The Balaban J connectivity index is 1.85. The minimum Gasteiger partial charge on any atom is -0.507 e. The number of rotatable bonds is 6. The van der Waals surface area contributed by atoms with Crippen LogP contribution in [0.3, 0.4) is 0 Å². The molecule has 4 rings (SSSR count). The van der Waals surface area contributed by atoms with E-state index in [1.165, 1.54) is 4.90 Å². The molecule has 0 radical (unpaired) electrons. The summed E-state index contributed by atoms with van der Waals surface area (Å²) in [5.74, 6) is -0.388. The summed E-state index contributed by atoms with van der Waals surface area (Å²) >= 11 is 0. The zero-order valence-electron chi connectivity index (χ0n) is 17.8. The molecule has 0 bridgehead atoms. The SMILES string of the molecule is COc1ccc(/C(O)=C2\C(=O)C(=O)N(Cc3ccccc3)C2c2cccc(OC)c2)cc1. The summed E-state index contributed by atoms with van der Waals surface area (Å²) in [7, 11) is 3.10. The summed E-state index contributed by atoms with van der Waals surface area (Å²) in [6, 6.07) is 22.5. The van der Waals surface area contributed by atoms with Gasteiger partial charge in [-0.15, -0.1) is 0 Å². The Hall–Kier alpha value is -4.06. The number of aliphatic hydroxyl groups is 1. The van der Waals surface area contributed by atoms with Crippen molar-refractivity contribution in [2.24, 2.45) is 0 Å². The summed E-state index contributed by atoms with van der Waals surface area (Å²) in [5, 5.41) is 11.1. The zero-order valence-corrected chi connectivity index (χ0v) is 17.8. The van der Waals surface area contributed by atoms with Crippen molar-refractivity contribution in [2.45, 2.75) is 12.6 Å². The van der Waals surface area contributed by atoms with Gasteiger partial charge < -0.3 is 19.5 Å². The molecule has 1 unspecified atom stereocenters. The number of hydrogen-bond acceptors (Lipinski definition) is 5. The van der Waals surface area contributed by atoms with Crippen molar-refractivity contribution in [3.63, 3.8) is 0 Å². The van der Waals surface area contributed by atoms with E-state index in [1.54, 1.807) is 56.7 Å². The smallest absolute Gasteiger partial charge is 0.295 e. The predicted octanol–water partition coefficient (Wildman–Crippen LogP) is 4.33. The predicted molar refractivity (Wildman–Crippen MR) is 120 cm³/mol. The standard InChI is InChI=1S/C26H23NO5/c1-31-20-13-11-18(12-14-20)24(28)22-23(19-9-6-10-21(15-19)32-2)27(26(30)25(22)29)16-17-7-4-3-5-8-17/h3-15,23,28H,16H2,1-2H3/b24-22+. The van der Waals surface area contributed by atoms with Gasteiger partial charge in [0.25, 0.3) is 11.7 Å². The van der Waals surface area contributed by atoms with Crippen molar-refractivity contribution in [1.82, 2.24) is 4.90 Å². The van der Waals surface area contributed by atoms with E-state index in [-0.39, 0.29) is 17.9 Å². The molecular weight excluding hydrogens is 406 g/mol. The molecule has 1 heterocycles. The summed E-state index contributed by atoms with van der Waals surface area (Å²) in [4.78, 5) is 27.7. The fourth-order valence-corrected chi connectivity index (χ4v) is 3.89. The van der Waals surface area contributed by atoms with E-state index in [2.05, 4.69) is 0 Å². The average Bonchev–Trinajstić information content (AvgIpc) is 3.09. The Bertz CT molecular complexity index is 1170. The molecule has 0 spiro atoms. The minimum absolute atomic E-state index is 0.0457. The van der Waals surface area contributed by atoms with Crippen molar-refractivity contribution in [3.8, 4) is 11.5 Å². The van der Waals surface area contributed by atoms with E-state index in [0.717, 1.165) is 5.56 Å². The van der Waals surface area contributed by atoms with Crippen LogP contribution < -0.4 is 9.47 Å². The number of ether oxygens (including phenoxy) is 2. The van der Waals surface area contributed by atoms with Crippen LogP contribution in [-0.2, 0) is 16.1 Å². The topological polar surface area (TPSA) is 76.1 Å². The molecule has 32 heavy (non-hydrogen) atoms. The van der Waals surface area contributed by atoms with Gasteiger partial charge >= 0.3 is 0 Å². The van der Waals surface area contributed by atoms with Crippen LogP contribution in [0.1, 0.15) is 22.7 Å². The molecule has 1 aliphatic rings. The lowest BCUT2D eigenvalue weighted by molar-refractivity contribution is -0.140. The number of benzene rings is 3. The van der Waals surface area contributed by atoms with Crippen LogP contribution in [-0.4, -0.2) is 35.9 Å². The summed E-state index contributed by atoms with van der Waals surface area (Å²) in [6.07, 6.45) is 0. The van der Waals surface area contributed by atoms with E-state index in [0.29, 0.717) is 22.6 Å². The number of Topliss-reactive ketones (excluding diaryl/α,β-unsaturated/α-hetero) is 1. The van der Waals surface area contributed by atoms with Gasteiger partial charge in [0.1, 0.15) is 17.3 Å². The molecule has 1 fully saturated rings. The highest BCUT2D eigenvalue weighted by molar-refractivity contribution is 6.46. The van der Waals surface area contributed by atoms with Crippen LogP contribution in [0.5, 0.6) is 11.5 Å². The monoisotopic (exact) mass is 429 g/mol. The van der Waals surface area contributed by atoms with Gasteiger partial charge in [-0.3, -0.25) is 9.59 Å². The average molecular weight is 429 g/mol. The maximum Gasteiger partial charge on any atom is 0.295 e. The van der Waals surface area contributed by atoms with E-state index in [1.807, 2.05) is 36.4 Å². The third kappa shape index (κ3) is 3.95. The molecule has 3 aromatic carbocycles. The Morgan fingerprint density at radius 3 is 2.22 bits per heavy atom. The Labute approximate surface area is 186 Å². The quantitative estimate of drug-likeness (QED) is 0.359. The van der Waals surface area contributed by atoms with Crippen molar-refractivity contribution in [3.05, 3.63) is 101 Å². The number of carbonyl (C=O) groups excluding carboxylic acids is 2. The fourth-order valence-electron chi connectivity index (χ4n) is 3.89. The lowest BCUT2D eigenvalue weighted by Gasteiger charge is -2.25. The number of amides is 1. The largest absolute Gasteiger partial charge is 0.507 e. The van der Waals surface area contributed by atoms with Crippen molar-refractivity contribution < 1.29 is 24.2 Å². The number of methoxy groups -OCH3 is 2. The van der Waals surface area contributed by atoms with Crippen molar-refractivity contribution >= 4 is 17.4 Å². The lowest BCUT2D eigenvalue weighted by atomic mass is 9.95. The molecule has 1 aliphatic heterocycles. The Morgan fingerprint density at radius 2 is 1.56 bits per heavy atom. The highest BCUT2D eigenvalue weighted by Gasteiger charge is 2.46. The second-order valence-corrected chi connectivity index (χ2v) is 7.42. The number of aliphatic hydroxyl groups excluding tert-OH is 1. The maximum atomic E-state index is 13.1. The third-order valence-corrected chi connectivity index (χ3v) is 5.51. The summed E-state index contributed by atoms with van der Waals surface area (Å²) in [6.45, 7) is 0.229. The van der Waals surface area contributed by atoms with E-state index in [9.17, 15) is 14.7 Å². The number of ketones is 1. The van der Waals surface area contributed by atoms with E-state index < -0.39 is 17.7 Å². The molecule has 1 N–H and O–H groups in total. The Morgan fingerprint density at radius 1 is 0.875 bits per heavy atom. The number of hydrogen-bond donors (Lipinski definition) is 1. The first-order chi connectivity index (χ1) is 15.5. The molecule has 0 aliphatic carbocycles. The summed E-state index contributed by atoms with van der Waals surface area (Å²) < 4.78 is 10.5. The lowest BCUT2D eigenvalue weighted by Crippen LogP contribution is -2.29. The second-order valence-electron chi connectivity index (χ2n) is 7.42. The van der Waals surface area contributed by atoms with Gasteiger partial charge in [-0.2, -0.15) is 0 Å². The maximum absolute atomic E-state index is 13.1. The van der Waals surface area contributed by atoms with E-state index >= 15 is 0 Å². The van der Waals surface area contributed by atoms with Gasteiger partial charge in [0.2, 0.25) is 0 Å². The first-order valence-electron chi connectivity index (χ1n) is 10.1. The van der Waals surface area contributed by atoms with Gasteiger partial charge in [0.05, 0.1) is 25.8 Å². The molecule has 1 amide bonds. The molecular formula is C26H23NO5. The van der Waals surface area contributed by atoms with Gasteiger partial charge in [-0.25, -0.2) is 0 Å². The van der Waals surface area contributed by atoms with Crippen LogP contribution in [0, 0.1) is 0 Å². The van der Waals surface area contributed by atoms with E-state index in [4.69, 9.17) is 9.47 Å². The second kappa shape index (κ2) is 8.98. The molecule has 6 heteroatoms. The van der Waals surface area contributed by atoms with Crippen LogP contribution in [0.2, 0.25) is 0 Å². The molecule has 6 nitrogen and oxygen atoms in total. The van der Waals surface area contributed by atoms with Gasteiger partial charge in [0, 0.05) is 12.1 Å². The molecule has 3 aromatic rings. The number of likely N-dealkylation sites (tertiary alicyclic amines) is 1. The molecule has 1 saturated heterocycles. The minimum atomic E-state index is -0.757.